The first kappa shape index (κ1) is 16.7. The number of hydrogen-bond donors (Lipinski definition) is 1. The lowest BCUT2D eigenvalue weighted by molar-refractivity contribution is -0.384. The van der Waals surface area contributed by atoms with Gasteiger partial charge in [-0.05, 0) is 48.7 Å². The van der Waals surface area contributed by atoms with Crippen molar-refractivity contribution in [2.45, 2.75) is 17.7 Å². The molecule has 0 spiro atoms. The van der Waals surface area contributed by atoms with Gasteiger partial charge in [0.2, 0.25) is 5.91 Å². The molecule has 3 rings (SSSR count). The minimum absolute atomic E-state index is 0.0472. The lowest BCUT2D eigenvalue weighted by Gasteiger charge is -2.13. The predicted octanol–water partition coefficient (Wildman–Crippen LogP) is 4.78. The smallest absolute Gasteiger partial charge is 0.269 e. The molecule has 0 heterocycles. The number of alkyl halides is 2. The third-order valence-electron chi connectivity index (χ3n) is 4.31. The maximum atomic E-state index is 12.2. The fourth-order valence-corrected chi connectivity index (χ4v) is 3.14. The summed E-state index contributed by atoms with van der Waals surface area (Å²) in [6, 6.07) is 13.5. The second-order valence-corrected chi connectivity index (χ2v) is 7.53. The van der Waals surface area contributed by atoms with Crippen molar-refractivity contribution in [2.75, 3.05) is 5.32 Å². The molecule has 0 unspecified atom stereocenters. The highest BCUT2D eigenvalue weighted by atomic mass is 35.5. The molecule has 0 aliphatic heterocycles. The molecular formula is C17H14Cl2N2O3. The van der Waals surface area contributed by atoms with Crippen LogP contribution in [0.15, 0.2) is 48.5 Å². The van der Waals surface area contributed by atoms with E-state index >= 15 is 0 Å². The monoisotopic (exact) mass is 364 g/mol. The number of benzene rings is 2. The Hall–Kier alpha value is -2.11. The van der Waals surface area contributed by atoms with E-state index in [0.29, 0.717) is 12.1 Å². The van der Waals surface area contributed by atoms with E-state index < -0.39 is 14.7 Å². The first-order chi connectivity index (χ1) is 11.2. The van der Waals surface area contributed by atoms with Crippen LogP contribution in [0.3, 0.4) is 0 Å². The molecule has 1 N–H and O–H groups in total. The molecule has 1 atom stereocenters. The van der Waals surface area contributed by atoms with Gasteiger partial charge in [0.1, 0.15) is 4.33 Å². The summed E-state index contributed by atoms with van der Waals surface area (Å²) in [5, 5.41) is 13.5. The number of halogens is 2. The van der Waals surface area contributed by atoms with Crippen LogP contribution >= 0.6 is 23.2 Å². The highest BCUT2D eigenvalue weighted by Gasteiger charge is 2.67. The topological polar surface area (TPSA) is 72.2 Å². The second-order valence-electron chi connectivity index (χ2n) is 6.05. The van der Waals surface area contributed by atoms with Crippen LogP contribution in [0.1, 0.15) is 13.3 Å². The van der Waals surface area contributed by atoms with Gasteiger partial charge >= 0.3 is 0 Å². The van der Waals surface area contributed by atoms with E-state index in [1.54, 1.807) is 31.2 Å². The maximum Gasteiger partial charge on any atom is 0.269 e. The van der Waals surface area contributed by atoms with Crippen molar-refractivity contribution >= 4 is 40.5 Å². The molecule has 1 fully saturated rings. The number of amides is 1. The highest BCUT2D eigenvalue weighted by molar-refractivity contribution is 6.53. The molecule has 0 saturated heterocycles. The number of nitrogens with zero attached hydrogens (tertiary/aromatic N) is 1. The summed E-state index contributed by atoms with van der Waals surface area (Å²) in [7, 11) is 0. The van der Waals surface area contributed by atoms with E-state index in [9.17, 15) is 14.9 Å². The minimum atomic E-state index is -1.00. The number of rotatable bonds is 4. The Morgan fingerprint density at radius 2 is 1.54 bits per heavy atom. The molecule has 5 nitrogen and oxygen atoms in total. The lowest BCUT2D eigenvalue weighted by Crippen LogP contribution is -2.25. The normalized spacial score (nSPS) is 21.1. The van der Waals surface area contributed by atoms with E-state index in [1.165, 1.54) is 12.1 Å². The number of carbonyl (C=O) groups is 1. The van der Waals surface area contributed by atoms with Gasteiger partial charge < -0.3 is 5.32 Å². The largest absolute Gasteiger partial charge is 0.326 e. The summed E-state index contributed by atoms with van der Waals surface area (Å²) in [4.78, 5) is 22.5. The zero-order chi connectivity index (χ0) is 17.5. The minimum Gasteiger partial charge on any atom is -0.326 e. The zero-order valence-corrected chi connectivity index (χ0v) is 14.3. The van der Waals surface area contributed by atoms with E-state index in [2.05, 4.69) is 5.32 Å². The fraction of sp³-hybridized carbons (Fsp3) is 0.235. The van der Waals surface area contributed by atoms with Crippen LogP contribution in [0.2, 0.25) is 0 Å². The standard InChI is InChI=1S/C17H14Cl2N2O3/c1-16(10-17(16,18)19)15(22)20-13-6-2-11(3-7-13)12-4-8-14(9-5-12)21(23)24/h2-9H,10H2,1H3,(H,20,22)/t16-/m0/s1. The van der Waals surface area contributed by atoms with Gasteiger partial charge in [0.15, 0.2) is 0 Å². The van der Waals surface area contributed by atoms with Crippen molar-refractivity contribution in [1.82, 2.24) is 0 Å². The van der Waals surface area contributed by atoms with Crippen LogP contribution in [0.25, 0.3) is 11.1 Å². The van der Waals surface area contributed by atoms with Crippen molar-refractivity contribution in [3.8, 4) is 11.1 Å². The molecule has 0 aromatic heterocycles. The molecule has 1 aliphatic carbocycles. The van der Waals surface area contributed by atoms with Gasteiger partial charge in [-0.1, -0.05) is 12.1 Å². The molecule has 1 amide bonds. The summed E-state index contributed by atoms with van der Waals surface area (Å²) in [5.41, 5.74) is 1.67. The number of nitro groups is 1. The molecule has 7 heteroatoms. The predicted molar refractivity (Wildman–Crippen MR) is 94.3 cm³/mol. The van der Waals surface area contributed by atoms with E-state index in [-0.39, 0.29) is 11.6 Å². The Kier molecular flexibility index (Phi) is 4.01. The van der Waals surface area contributed by atoms with Gasteiger partial charge in [-0.25, -0.2) is 0 Å². The molecule has 24 heavy (non-hydrogen) atoms. The van der Waals surface area contributed by atoms with Crippen LogP contribution in [-0.4, -0.2) is 15.2 Å². The van der Waals surface area contributed by atoms with E-state index in [4.69, 9.17) is 23.2 Å². The molecule has 0 radical (unpaired) electrons. The van der Waals surface area contributed by atoms with Crippen molar-refractivity contribution in [3.63, 3.8) is 0 Å². The molecule has 0 bridgehead atoms. The number of carbonyl (C=O) groups excluding carboxylic acids is 1. The van der Waals surface area contributed by atoms with Crippen molar-refractivity contribution in [2.24, 2.45) is 5.41 Å². The Morgan fingerprint density at radius 1 is 1.08 bits per heavy atom. The number of anilines is 1. The molecule has 1 saturated carbocycles. The first-order valence-electron chi connectivity index (χ1n) is 7.27. The van der Waals surface area contributed by atoms with Gasteiger partial charge in [-0.3, -0.25) is 14.9 Å². The lowest BCUT2D eigenvalue weighted by atomic mass is 10.0. The van der Waals surface area contributed by atoms with Crippen LogP contribution in [0, 0.1) is 15.5 Å². The number of nitro benzene ring substituents is 1. The maximum absolute atomic E-state index is 12.2. The summed E-state index contributed by atoms with van der Waals surface area (Å²) in [6.07, 6.45) is 0.426. The summed E-state index contributed by atoms with van der Waals surface area (Å²) in [5.74, 6) is -0.212. The first-order valence-corrected chi connectivity index (χ1v) is 8.03. The van der Waals surface area contributed by atoms with Gasteiger partial charge in [0.05, 0.1) is 10.3 Å². The van der Waals surface area contributed by atoms with Gasteiger partial charge in [-0.2, -0.15) is 0 Å². The van der Waals surface area contributed by atoms with Crippen LogP contribution in [0.5, 0.6) is 0 Å². The van der Waals surface area contributed by atoms with E-state index in [0.717, 1.165) is 11.1 Å². The summed E-state index contributed by atoms with van der Waals surface area (Å²) >= 11 is 12.0. The quantitative estimate of drug-likeness (QED) is 0.481. The van der Waals surface area contributed by atoms with Crippen LogP contribution < -0.4 is 5.32 Å². The summed E-state index contributed by atoms with van der Waals surface area (Å²) in [6.45, 7) is 1.73. The summed E-state index contributed by atoms with van der Waals surface area (Å²) < 4.78 is -1.00. The molecule has 2 aromatic carbocycles. The fourth-order valence-electron chi connectivity index (χ4n) is 2.44. The zero-order valence-electron chi connectivity index (χ0n) is 12.8. The Bertz CT molecular complexity index is 804. The molecular weight excluding hydrogens is 351 g/mol. The Labute approximate surface area is 148 Å². The number of hydrogen-bond acceptors (Lipinski definition) is 3. The SMILES string of the molecule is C[C@@]1(C(=O)Nc2ccc(-c3ccc([N+](=O)[O-])cc3)cc2)CC1(Cl)Cl. The average Bonchev–Trinajstić information content (AvgIpc) is 3.08. The van der Waals surface area contributed by atoms with Crippen LogP contribution in [0.4, 0.5) is 11.4 Å². The Balaban J connectivity index is 1.72. The van der Waals surface area contributed by atoms with Crippen molar-refractivity contribution < 1.29 is 9.72 Å². The number of nitrogens with one attached hydrogen (secondary N) is 1. The third kappa shape index (κ3) is 2.97. The Morgan fingerprint density at radius 3 is 1.96 bits per heavy atom. The van der Waals surface area contributed by atoms with Crippen molar-refractivity contribution in [3.05, 3.63) is 58.6 Å². The van der Waals surface area contributed by atoms with Gasteiger partial charge in [0.25, 0.3) is 5.69 Å². The second kappa shape index (κ2) is 5.76. The third-order valence-corrected chi connectivity index (χ3v) is 5.41. The average molecular weight is 365 g/mol. The molecule has 1 aliphatic rings. The highest BCUT2D eigenvalue weighted by Crippen LogP contribution is 2.64. The van der Waals surface area contributed by atoms with Crippen LogP contribution in [-0.2, 0) is 4.79 Å². The number of non-ortho nitro benzene ring substituents is 1. The molecule has 2 aromatic rings. The van der Waals surface area contributed by atoms with Crippen molar-refractivity contribution in [1.29, 1.82) is 0 Å². The van der Waals surface area contributed by atoms with Gasteiger partial charge in [0, 0.05) is 17.8 Å². The van der Waals surface area contributed by atoms with Gasteiger partial charge in [-0.15, -0.1) is 23.2 Å². The molecule has 124 valence electrons. The van der Waals surface area contributed by atoms with E-state index in [1.807, 2.05) is 12.1 Å².